The molecule has 0 bridgehead atoms. The third kappa shape index (κ3) is 6.38. The highest BCUT2D eigenvalue weighted by atomic mass is 16.5. The first kappa shape index (κ1) is 24.3. The number of benzene rings is 2. The van der Waals surface area contributed by atoms with Gasteiger partial charge in [-0.2, -0.15) is 5.26 Å². The number of anilines is 3. The maximum atomic E-state index is 10.5. The fourth-order valence-electron chi connectivity index (χ4n) is 4.23. The quantitative estimate of drug-likeness (QED) is 0.334. The van der Waals surface area contributed by atoms with Crippen LogP contribution >= 0.6 is 0 Å². The molecular weight excluding hydrogens is 444 g/mol. The van der Waals surface area contributed by atoms with Crippen LogP contribution in [0.2, 0.25) is 0 Å². The number of nitrogens with zero attached hydrogens (tertiary/aromatic N) is 3. The Kier molecular flexibility index (Phi) is 7.98. The van der Waals surface area contributed by atoms with Crippen molar-refractivity contribution in [2.75, 3.05) is 24.9 Å². The predicted molar refractivity (Wildman–Crippen MR) is 135 cm³/mol. The van der Waals surface area contributed by atoms with E-state index in [1.165, 1.54) is 26.4 Å². The zero-order chi connectivity index (χ0) is 24.6. The monoisotopic (exact) mass is 474 g/mol. The normalized spacial score (nSPS) is 14.6. The van der Waals surface area contributed by atoms with Crippen LogP contribution in [-0.4, -0.2) is 41.7 Å². The van der Waals surface area contributed by atoms with E-state index in [9.17, 15) is 10.4 Å². The lowest BCUT2D eigenvalue weighted by atomic mass is 9.96. The molecule has 1 aliphatic carbocycles. The molecule has 1 fully saturated rings. The van der Waals surface area contributed by atoms with E-state index in [1.807, 2.05) is 24.3 Å². The predicted octanol–water partition coefficient (Wildman–Crippen LogP) is 4.39. The fraction of sp³-hybridized carbons (Fsp3) is 0.346. The first-order valence-electron chi connectivity index (χ1n) is 11.7. The Morgan fingerprint density at radius 1 is 1.03 bits per heavy atom. The Bertz CT molecular complexity index is 1190. The molecule has 1 aromatic heterocycles. The Morgan fingerprint density at radius 3 is 2.57 bits per heavy atom. The van der Waals surface area contributed by atoms with Gasteiger partial charge in [-0.1, -0.05) is 19.3 Å². The summed E-state index contributed by atoms with van der Waals surface area (Å²) in [5.41, 5.74) is 3.25. The van der Waals surface area contributed by atoms with Gasteiger partial charge in [0.05, 0.1) is 25.5 Å². The second-order valence-corrected chi connectivity index (χ2v) is 8.42. The molecule has 9 nitrogen and oxygen atoms in total. The molecule has 1 unspecified atom stereocenters. The lowest BCUT2D eigenvalue weighted by Gasteiger charge is -2.26. The molecule has 3 aromatic rings. The largest absolute Gasteiger partial charge is 0.497 e. The number of nitrogens with one attached hydrogen (secondary N) is 3. The Balaban J connectivity index is 1.50. The molecule has 35 heavy (non-hydrogen) atoms. The Morgan fingerprint density at radius 2 is 1.83 bits per heavy atom. The molecule has 0 amide bonds. The molecule has 1 heterocycles. The van der Waals surface area contributed by atoms with Crippen LogP contribution < -0.4 is 25.4 Å². The lowest BCUT2D eigenvalue weighted by Crippen LogP contribution is -2.43. The molecule has 1 atom stereocenters. The van der Waals surface area contributed by atoms with Gasteiger partial charge in [-0.05, 0) is 43.2 Å². The van der Waals surface area contributed by atoms with E-state index in [4.69, 9.17) is 9.47 Å². The van der Waals surface area contributed by atoms with Gasteiger partial charge in [0, 0.05) is 41.3 Å². The summed E-state index contributed by atoms with van der Waals surface area (Å²) < 4.78 is 10.7. The van der Waals surface area contributed by atoms with Crippen molar-refractivity contribution in [2.24, 2.45) is 0 Å². The van der Waals surface area contributed by atoms with Crippen molar-refractivity contribution in [1.29, 1.82) is 5.26 Å². The van der Waals surface area contributed by atoms with E-state index in [1.54, 1.807) is 31.5 Å². The number of hydrogen-bond donors (Lipinski definition) is 4. The van der Waals surface area contributed by atoms with Crippen LogP contribution in [0.5, 0.6) is 11.5 Å². The van der Waals surface area contributed by atoms with E-state index < -0.39 is 6.35 Å². The minimum atomic E-state index is -0.873. The number of aliphatic hydroxyl groups excluding tert-OH is 1. The lowest BCUT2D eigenvalue weighted by molar-refractivity contribution is 0.138. The molecule has 0 radical (unpaired) electrons. The SMILES string of the molecule is COc1cc(Nc2nccc(-c3ccc(OC)c(C#N)c3)n2)cc(NC(O)NC2CCCCC2)c1. The first-order chi connectivity index (χ1) is 17.1. The minimum Gasteiger partial charge on any atom is -0.497 e. The van der Waals surface area contributed by atoms with E-state index in [0.29, 0.717) is 46.1 Å². The number of nitriles is 1. The highest BCUT2D eigenvalue weighted by molar-refractivity contribution is 5.68. The van der Waals surface area contributed by atoms with Crippen molar-refractivity contribution in [2.45, 2.75) is 44.5 Å². The van der Waals surface area contributed by atoms with Crippen LogP contribution in [0.3, 0.4) is 0 Å². The number of ether oxygens (including phenoxy) is 2. The van der Waals surface area contributed by atoms with Crippen LogP contribution in [0.1, 0.15) is 37.7 Å². The topological polar surface area (TPSA) is 124 Å². The number of aliphatic hydroxyl groups is 1. The molecule has 4 rings (SSSR count). The average Bonchev–Trinajstić information content (AvgIpc) is 2.88. The third-order valence-electron chi connectivity index (χ3n) is 5.97. The Hall–Kier alpha value is -3.87. The first-order valence-corrected chi connectivity index (χ1v) is 11.7. The van der Waals surface area contributed by atoms with Gasteiger partial charge in [-0.25, -0.2) is 9.97 Å². The highest BCUT2D eigenvalue weighted by Crippen LogP contribution is 2.28. The highest BCUT2D eigenvalue weighted by Gasteiger charge is 2.16. The summed E-state index contributed by atoms with van der Waals surface area (Å²) >= 11 is 0. The summed E-state index contributed by atoms with van der Waals surface area (Å²) in [7, 11) is 3.12. The van der Waals surface area contributed by atoms with Crippen molar-refractivity contribution in [3.63, 3.8) is 0 Å². The van der Waals surface area contributed by atoms with E-state index in [2.05, 4.69) is 32.0 Å². The third-order valence-corrected chi connectivity index (χ3v) is 5.97. The smallest absolute Gasteiger partial charge is 0.227 e. The summed E-state index contributed by atoms with van der Waals surface area (Å²) in [6, 6.07) is 15.0. The van der Waals surface area contributed by atoms with E-state index >= 15 is 0 Å². The number of hydrogen-bond acceptors (Lipinski definition) is 9. The molecular formula is C26H30N6O3. The van der Waals surface area contributed by atoms with Gasteiger partial charge in [-0.3, -0.25) is 5.32 Å². The van der Waals surface area contributed by atoms with E-state index in [0.717, 1.165) is 18.4 Å². The van der Waals surface area contributed by atoms with Crippen LogP contribution in [0.25, 0.3) is 11.3 Å². The van der Waals surface area contributed by atoms with Crippen molar-refractivity contribution in [3.05, 3.63) is 54.2 Å². The van der Waals surface area contributed by atoms with Crippen LogP contribution in [0.15, 0.2) is 48.7 Å². The van der Waals surface area contributed by atoms with Gasteiger partial charge < -0.3 is 25.2 Å². The zero-order valence-electron chi connectivity index (χ0n) is 19.9. The van der Waals surface area contributed by atoms with Gasteiger partial charge >= 0.3 is 0 Å². The maximum absolute atomic E-state index is 10.5. The van der Waals surface area contributed by atoms with Crippen molar-refractivity contribution in [1.82, 2.24) is 15.3 Å². The van der Waals surface area contributed by atoms with Crippen LogP contribution in [0.4, 0.5) is 17.3 Å². The molecule has 182 valence electrons. The van der Waals surface area contributed by atoms with Crippen molar-refractivity contribution < 1.29 is 14.6 Å². The summed E-state index contributed by atoms with van der Waals surface area (Å²) in [6.45, 7) is 0. The van der Waals surface area contributed by atoms with E-state index in [-0.39, 0.29) is 0 Å². The van der Waals surface area contributed by atoms with Gasteiger partial charge in [0.2, 0.25) is 5.95 Å². The molecule has 9 heteroatoms. The zero-order valence-corrected chi connectivity index (χ0v) is 19.9. The van der Waals surface area contributed by atoms with Crippen LogP contribution in [0, 0.1) is 11.3 Å². The average molecular weight is 475 g/mol. The summed E-state index contributed by atoms with van der Waals surface area (Å²) in [4.78, 5) is 8.92. The van der Waals surface area contributed by atoms with Gasteiger partial charge in [-0.15, -0.1) is 0 Å². The fourth-order valence-corrected chi connectivity index (χ4v) is 4.23. The molecule has 4 N–H and O–H groups in total. The number of rotatable bonds is 9. The number of aromatic nitrogens is 2. The Labute approximate surface area is 205 Å². The summed E-state index contributed by atoms with van der Waals surface area (Å²) in [5.74, 6) is 1.52. The minimum absolute atomic E-state index is 0.310. The molecule has 0 saturated heterocycles. The second-order valence-electron chi connectivity index (χ2n) is 8.42. The molecule has 0 aliphatic heterocycles. The standard InChI is InChI=1S/C26H30N6O3/c1-34-22-14-20(13-21(15-22)31-26(33)30-19-6-4-3-5-7-19)29-25-28-11-10-23(32-25)17-8-9-24(35-2)18(12-17)16-27/h8-15,19,26,30-31,33H,3-7H2,1-2H3,(H,28,29,32). The van der Waals surface area contributed by atoms with Crippen LogP contribution in [-0.2, 0) is 0 Å². The van der Waals surface area contributed by atoms with Crippen molar-refractivity contribution in [3.8, 4) is 28.8 Å². The summed E-state index contributed by atoms with van der Waals surface area (Å²) in [6.07, 6.45) is 6.55. The molecule has 2 aromatic carbocycles. The maximum Gasteiger partial charge on any atom is 0.227 e. The molecule has 0 spiro atoms. The molecule has 1 saturated carbocycles. The van der Waals surface area contributed by atoms with Gasteiger partial charge in [0.25, 0.3) is 0 Å². The number of methoxy groups -OCH3 is 2. The second kappa shape index (κ2) is 11.5. The van der Waals surface area contributed by atoms with Gasteiger partial charge in [0.15, 0.2) is 6.35 Å². The summed E-state index contributed by atoms with van der Waals surface area (Å²) in [5, 5.41) is 29.4. The van der Waals surface area contributed by atoms with Gasteiger partial charge in [0.1, 0.15) is 17.6 Å². The molecule has 1 aliphatic rings. The van der Waals surface area contributed by atoms with Crippen molar-refractivity contribution >= 4 is 17.3 Å².